The molecule has 55 valence electrons. The summed E-state index contributed by atoms with van der Waals surface area (Å²) in [6.45, 7) is 3.80. The molecule has 3 heteroatoms. The summed E-state index contributed by atoms with van der Waals surface area (Å²) >= 11 is 0. The Labute approximate surface area is 64.5 Å². The number of nitrogens with one attached hydrogen (secondary N) is 1. The highest BCUT2D eigenvalue weighted by molar-refractivity contribution is 5.78. The van der Waals surface area contributed by atoms with Gasteiger partial charge in [-0.05, 0) is 18.9 Å². The molecule has 1 radical (unpaired) electrons. The van der Waals surface area contributed by atoms with Crippen molar-refractivity contribution in [1.82, 2.24) is 15.0 Å². The predicted molar refractivity (Wildman–Crippen MR) is 42.9 cm³/mol. The zero-order chi connectivity index (χ0) is 7.68. The standard InChI is InChI=1S/C8H8N3/c1-2-6-3-10-8-7(6)4-9-5-11-8/h3-5H,1-2H2,(H,9,10,11). The van der Waals surface area contributed by atoms with E-state index in [1.165, 1.54) is 11.9 Å². The van der Waals surface area contributed by atoms with E-state index in [2.05, 4.69) is 21.9 Å². The van der Waals surface area contributed by atoms with Gasteiger partial charge in [-0.3, -0.25) is 0 Å². The first-order chi connectivity index (χ1) is 5.42. The topological polar surface area (TPSA) is 41.6 Å². The van der Waals surface area contributed by atoms with Crippen LogP contribution in [0.5, 0.6) is 0 Å². The summed E-state index contributed by atoms with van der Waals surface area (Å²) in [5.41, 5.74) is 2.05. The highest BCUT2D eigenvalue weighted by atomic mass is 14.9. The fourth-order valence-corrected chi connectivity index (χ4v) is 1.12. The molecule has 0 unspecified atom stereocenters. The Hall–Kier alpha value is -1.38. The summed E-state index contributed by atoms with van der Waals surface area (Å²) in [7, 11) is 0. The molecule has 0 saturated carbocycles. The number of rotatable bonds is 1. The lowest BCUT2D eigenvalue weighted by Gasteiger charge is -1.89. The number of H-pyrrole nitrogens is 1. The minimum Gasteiger partial charge on any atom is -0.346 e. The predicted octanol–water partition coefficient (Wildman–Crippen LogP) is 1.33. The lowest BCUT2D eigenvalue weighted by atomic mass is 10.2. The normalized spacial score (nSPS) is 10.6. The largest absolute Gasteiger partial charge is 0.346 e. The Morgan fingerprint density at radius 1 is 1.55 bits per heavy atom. The van der Waals surface area contributed by atoms with Gasteiger partial charge >= 0.3 is 0 Å². The number of aromatic nitrogens is 3. The lowest BCUT2D eigenvalue weighted by molar-refractivity contribution is 1.20. The average Bonchev–Trinajstić information content (AvgIpc) is 2.47. The highest BCUT2D eigenvalue weighted by Crippen LogP contribution is 2.13. The fraction of sp³-hybridized carbons (Fsp3) is 0.125. The minimum absolute atomic E-state index is 0.771. The van der Waals surface area contributed by atoms with Crippen LogP contribution in [0.25, 0.3) is 11.0 Å². The van der Waals surface area contributed by atoms with Crippen LogP contribution in [0.1, 0.15) is 5.56 Å². The number of fused-ring (bicyclic) bond motifs is 1. The van der Waals surface area contributed by atoms with E-state index in [1.807, 2.05) is 6.20 Å². The van der Waals surface area contributed by atoms with E-state index in [4.69, 9.17) is 0 Å². The molecule has 0 aromatic carbocycles. The molecule has 11 heavy (non-hydrogen) atoms. The van der Waals surface area contributed by atoms with Crippen molar-refractivity contribution < 1.29 is 0 Å². The second-order valence-electron chi connectivity index (χ2n) is 2.35. The van der Waals surface area contributed by atoms with Crippen LogP contribution in [0.3, 0.4) is 0 Å². The smallest absolute Gasteiger partial charge is 0.140 e. The Kier molecular flexibility index (Phi) is 1.35. The van der Waals surface area contributed by atoms with E-state index in [1.54, 1.807) is 6.20 Å². The summed E-state index contributed by atoms with van der Waals surface area (Å²) in [6, 6.07) is 0. The molecule has 3 nitrogen and oxygen atoms in total. The average molecular weight is 146 g/mol. The third kappa shape index (κ3) is 0.888. The summed E-state index contributed by atoms with van der Waals surface area (Å²) in [5, 5.41) is 1.07. The first-order valence-corrected chi connectivity index (χ1v) is 3.47. The molecular weight excluding hydrogens is 138 g/mol. The van der Waals surface area contributed by atoms with Crippen LogP contribution in [0.4, 0.5) is 0 Å². The van der Waals surface area contributed by atoms with Crippen LogP contribution >= 0.6 is 0 Å². The molecule has 0 aliphatic rings. The summed E-state index contributed by atoms with van der Waals surface area (Å²) < 4.78 is 0. The van der Waals surface area contributed by atoms with Gasteiger partial charge in [0.25, 0.3) is 0 Å². The van der Waals surface area contributed by atoms with Crippen molar-refractivity contribution >= 4 is 11.0 Å². The fourth-order valence-electron chi connectivity index (χ4n) is 1.12. The summed E-state index contributed by atoms with van der Waals surface area (Å²) in [5.74, 6) is 0. The van der Waals surface area contributed by atoms with Crippen LogP contribution in [-0.4, -0.2) is 15.0 Å². The molecule has 0 spiro atoms. The Morgan fingerprint density at radius 3 is 3.27 bits per heavy atom. The summed E-state index contributed by atoms with van der Waals surface area (Å²) in [6.07, 6.45) is 6.03. The molecule has 2 aromatic rings. The van der Waals surface area contributed by atoms with E-state index in [9.17, 15) is 0 Å². The van der Waals surface area contributed by atoms with E-state index < -0.39 is 0 Å². The van der Waals surface area contributed by atoms with Crippen molar-refractivity contribution in [3.63, 3.8) is 0 Å². The van der Waals surface area contributed by atoms with E-state index in [-0.39, 0.29) is 0 Å². The highest BCUT2D eigenvalue weighted by Gasteiger charge is 2.00. The van der Waals surface area contributed by atoms with E-state index in [0.717, 1.165) is 17.5 Å². The maximum atomic E-state index is 4.06. The second-order valence-corrected chi connectivity index (χ2v) is 2.35. The molecule has 2 heterocycles. The molecule has 0 aliphatic carbocycles. The second kappa shape index (κ2) is 2.34. The van der Waals surface area contributed by atoms with Crippen LogP contribution in [0.15, 0.2) is 18.7 Å². The molecule has 0 saturated heterocycles. The van der Waals surface area contributed by atoms with E-state index in [0.29, 0.717) is 0 Å². The summed E-state index contributed by atoms with van der Waals surface area (Å²) in [4.78, 5) is 11.0. The van der Waals surface area contributed by atoms with Crippen LogP contribution in [0.2, 0.25) is 0 Å². The number of nitrogens with zero attached hydrogens (tertiary/aromatic N) is 2. The molecular formula is C8H8N3. The first kappa shape index (κ1) is 6.34. The van der Waals surface area contributed by atoms with Gasteiger partial charge in [0.05, 0.1) is 0 Å². The molecule has 0 fully saturated rings. The van der Waals surface area contributed by atoms with Gasteiger partial charge in [-0.15, -0.1) is 0 Å². The van der Waals surface area contributed by atoms with Gasteiger partial charge in [0.2, 0.25) is 0 Å². The van der Waals surface area contributed by atoms with E-state index >= 15 is 0 Å². The number of hydrogen-bond acceptors (Lipinski definition) is 2. The Bertz CT molecular complexity index is 364. The lowest BCUT2D eigenvalue weighted by Crippen LogP contribution is -1.79. The molecule has 0 amide bonds. The van der Waals surface area contributed by atoms with Crippen LogP contribution in [0, 0.1) is 6.92 Å². The Balaban J connectivity index is 2.76. The van der Waals surface area contributed by atoms with Gasteiger partial charge in [-0.2, -0.15) is 0 Å². The van der Waals surface area contributed by atoms with Gasteiger partial charge in [-0.1, -0.05) is 0 Å². The SMILES string of the molecule is [CH2]Cc1c[nH]c2ncncc12. The molecule has 0 aliphatic heterocycles. The third-order valence-corrected chi connectivity index (χ3v) is 1.71. The zero-order valence-corrected chi connectivity index (χ0v) is 6.04. The van der Waals surface area contributed by atoms with Crippen molar-refractivity contribution in [3.8, 4) is 0 Å². The van der Waals surface area contributed by atoms with Crippen molar-refractivity contribution in [1.29, 1.82) is 0 Å². The maximum Gasteiger partial charge on any atom is 0.140 e. The molecule has 2 aromatic heterocycles. The van der Waals surface area contributed by atoms with Crippen LogP contribution < -0.4 is 0 Å². The Morgan fingerprint density at radius 2 is 2.45 bits per heavy atom. The third-order valence-electron chi connectivity index (χ3n) is 1.71. The molecule has 2 rings (SSSR count). The van der Waals surface area contributed by atoms with Crippen molar-refractivity contribution in [3.05, 3.63) is 31.2 Å². The van der Waals surface area contributed by atoms with Gasteiger partial charge < -0.3 is 4.98 Å². The minimum atomic E-state index is 0.771. The molecule has 0 atom stereocenters. The van der Waals surface area contributed by atoms with Gasteiger partial charge in [0.1, 0.15) is 12.0 Å². The molecule has 1 N–H and O–H groups in total. The van der Waals surface area contributed by atoms with Crippen molar-refractivity contribution in [2.45, 2.75) is 6.42 Å². The maximum absolute atomic E-state index is 4.06. The van der Waals surface area contributed by atoms with Gasteiger partial charge in [0, 0.05) is 17.8 Å². The number of hydrogen-bond donors (Lipinski definition) is 1. The van der Waals surface area contributed by atoms with Crippen molar-refractivity contribution in [2.75, 3.05) is 0 Å². The quantitative estimate of drug-likeness (QED) is 0.659. The zero-order valence-electron chi connectivity index (χ0n) is 6.04. The van der Waals surface area contributed by atoms with Gasteiger partial charge in [-0.25, -0.2) is 9.97 Å². The monoisotopic (exact) mass is 146 g/mol. The molecule has 0 bridgehead atoms. The first-order valence-electron chi connectivity index (χ1n) is 3.47. The van der Waals surface area contributed by atoms with Crippen LogP contribution in [-0.2, 0) is 6.42 Å². The number of aromatic amines is 1. The van der Waals surface area contributed by atoms with Crippen molar-refractivity contribution in [2.24, 2.45) is 0 Å². The van der Waals surface area contributed by atoms with Gasteiger partial charge in [0.15, 0.2) is 0 Å².